The van der Waals surface area contributed by atoms with Gasteiger partial charge < -0.3 is 9.64 Å². The van der Waals surface area contributed by atoms with Crippen molar-refractivity contribution >= 4 is 75.7 Å². The molecule has 0 spiro atoms. The fraction of sp³-hybridized carbons (Fsp3) is 0.429. The second kappa shape index (κ2) is 8.28. The highest BCUT2D eigenvalue weighted by molar-refractivity contribution is 6.67. The molecule has 0 aliphatic carbocycles. The Morgan fingerprint density at radius 1 is 0.875 bits per heavy atom. The fourth-order valence-electron chi connectivity index (χ4n) is 2.10. The lowest BCUT2D eigenvalue weighted by molar-refractivity contribution is -0.00902. The Hall–Kier alpha value is 0.220. The second-order valence-corrected chi connectivity index (χ2v) is 9.56. The van der Waals surface area contributed by atoms with Gasteiger partial charge in [0.1, 0.15) is 5.75 Å². The van der Waals surface area contributed by atoms with E-state index < -0.39 is 7.83 Å². The number of ether oxygens (including phenoxy) is 1. The molecule has 0 bridgehead atoms. The predicted molar refractivity (Wildman–Crippen MR) is 103 cm³/mol. The van der Waals surface area contributed by atoms with E-state index in [1.807, 2.05) is 41.4 Å². The van der Waals surface area contributed by atoms with Crippen LogP contribution < -0.4 is 4.74 Å². The molecule has 1 aliphatic rings. The molecule has 0 saturated carbocycles. The van der Waals surface area contributed by atoms with Crippen LogP contribution in [0.2, 0.25) is 0 Å². The molecule has 0 amide bonds. The van der Waals surface area contributed by atoms with Gasteiger partial charge in [-0.1, -0.05) is 81.7 Å². The van der Waals surface area contributed by atoms with Crippen LogP contribution in [0.25, 0.3) is 6.08 Å². The first-order chi connectivity index (χ1) is 11.1. The fourth-order valence-corrected chi connectivity index (χ4v) is 2.74. The molecule has 0 radical (unpaired) electrons. The number of hydrogen-bond donors (Lipinski definition) is 0. The van der Waals surface area contributed by atoms with Crippen LogP contribution in [0.5, 0.6) is 5.75 Å². The van der Waals surface area contributed by atoms with Crippen molar-refractivity contribution in [2.45, 2.75) is 7.83 Å². The summed E-state index contributed by atoms with van der Waals surface area (Å²) in [7, 11) is 1.62. The van der Waals surface area contributed by atoms with Crippen molar-refractivity contribution in [1.82, 2.24) is 14.7 Å². The van der Waals surface area contributed by atoms with Crippen molar-refractivity contribution < 1.29 is 4.74 Å². The number of benzene rings is 1. The third-order valence-corrected chi connectivity index (χ3v) is 4.79. The van der Waals surface area contributed by atoms with Crippen LogP contribution in [-0.2, 0) is 0 Å². The van der Waals surface area contributed by atoms with Gasteiger partial charge in [-0.2, -0.15) is 0 Å². The molecule has 2 rings (SSSR count). The van der Waals surface area contributed by atoms with Crippen molar-refractivity contribution in [3.05, 3.63) is 36.0 Å². The first-order valence-corrected chi connectivity index (χ1v) is 9.06. The van der Waals surface area contributed by atoms with E-state index in [4.69, 9.17) is 74.3 Å². The lowest BCUT2D eigenvalue weighted by atomic mass is 10.2. The normalized spacial score (nSPS) is 18.4. The predicted octanol–water partition coefficient (Wildman–Crippen LogP) is 5.11. The average Bonchev–Trinajstić information content (AvgIpc) is 2.51. The summed E-state index contributed by atoms with van der Waals surface area (Å²) < 4.78 is 1.91. The van der Waals surface area contributed by atoms with Crippen LogP contribution in [0.1, 0.15) is 5.56 Å². The lowest BCUT2D eigenvalue weighted by Crippen LogP contribution is -2.59. The number of alkyl halides is 6. The Kier molecular flexibility index (Phi) is 7.08. The molecule has 0 aromatic heterocycles. The zero-order valence-corrected chi connectivity index (χ0v) is 17.1. The molecule has 1 fully saturated rings. The molecule has 0 atom stereocenters. The molecule has 1 heterocycles. The molecule has 1 saturated heterocycles. The SMILES string of the molecule is COc1ccc(C=CN2CN(C(Cl)(Cl)Cl)CN(C(Cl)(Cl)Cl)C2)cc1. The summed E-state index contributed by atoms with van der Waals surface area (Å²) >= 11 is 35.9. The molecule has 10 heteroatoms. The van der Waals surface area contributed by atoms with Crippen molar-refractivity contribution in [3.8, 4) is 5.75 Å². The number of nitrogens with zero attached hydrogens (tertiary/aromatic N) is 3. The maximum atomic E-state index is 5.98. The maximum Gasteiger partial charge on any atom is 0.250 e. The van der Waals surface area contributed by atoms with E-state index in [9.17, 15) is 0 Å². The van der Waals surface area contributed by atoms with Gasteiger partial charge in [0.2, 0.25) is 7.83 Å². The molecule has 0 unspecified atom stereocenters. The van der Waals surface area contributed by atoms with E-state index in [-0.39, 0.29) is 6.67 Å². The average molecular weight is 454 g/mol. The number of halogens is 6. The summed E-state index contributed by atoms with van der Waals surface area (Å²) in [5.74, 6) is 0.787. The Morgan fingerprint density at radius 2 is 1.38 bits per heavy atom. The van der Waals surface area contributed by atoms with Gasteiger partial charge in [0.05, 0.1) is 27.1 Å². The summed E-state index contributed by atoms with van der Waals surface area (Å²) in [4.78, 5) is 4.99. The van der Waals surface area contributed by atoms with Gasteiger partial charge in [0, 0.05) is 6.20 Å². The number of methoxy groups -OCH3 is 1. The standard InChI is InChI=1S/C14H15Cl6N3O/c1-24-12-4-2-11(3-5-12)6-7-21-8-22(13(15,16)17)10-23(9-21)14(18,19)20/h2-7H,8-10H2,1H3. The summed E-state index contributed by atoms with van der Waals surface area (Å²) in [6.45, 7) is 0.959. The molecule has 134 valence electrons. The molecule has 1 aliphatic heterocycles. The van der Waals surface area contributed by atoms with Crippen molar-refractivity contribution in [2.75, 3.05) is 27.1 Å². The molecule has 1 aromatic rings. The highest BCUT2D eigenvalue weighted by atomic mass is 35.6. The van der Waals surface area contributed by atoms with Crippen LogP contribution in [-0.4, -0.2) is 49.6 Å². The van der Waals surface area contributed by atoms with E-state index in [2.05, 4.69) is 0 Å². The summed E-state index contributed by atoms with van der Waals surface area (Å²) in [5, 5.41) is 0. The minimum Gasteiger partial charge on any atom is -0.497 e. The molecule has 24 heavy (non-hydrogen) atoms. The molecule has 0 N–H and O–H groups in total. The second-order valence-electron chi connectivity index (χ2n) is 5.12. The van der Waals surface area contributed by atoms with Gasteiger partial charge >= 0.3 is 0 Å². The van der Waals surface area contributed by atoms with E-state index in [0.29, 0.717) is 13.3 Å². The van der Waals surface area contributed by atoms with Crippen molar-refractivity contribution in [3.63, 3.8) is 0 Å². The van der Waals surface area contributed by atoms with E-state index in [1.54, 1.807) is 16.9 Å². The van der Waals surface area contributed by atoms with Crippen LogP contribution in [0, 0.1) is 0 Å². The molecular formula is C14H15Cl6N3O. The number of hydrogen-bond acceptors (Lipinski definition) is 4. The van der Waals surface area contributed by atoms with Gasteiger partial charge in [0.25, 0.3) is 0 Å². The highest BCUT2D eigenvalue weighted by Crippen LogP contribution is 2.37. The largest absolute Gasteiger partial charge is 0.497 e. The smallest absolute Gasteiger partial charge is 0.250 e. The number of rotatable bonds is 3. The zero-order chi connectivity index (χ0) is 18.0. The van der Waals surface area contributed by atoms with E-state index in [0.717, 1.165) is 11.3 Å². The van der Waals surface area contributed by atoms with Crippen LogP contribution >= 0.6 is 69.6 Å². The van der Waals surface area contributed by atoms with Crippen LogP contribution in [0.3, 0.4) is 0 Å². The quantitative estimate of drug-likeness (QED) is 0.467. The Balaban J connectivity index is 2.13. The highest BCUT2D eigenvalue weighted by Gasteiger charge is 2.41. The van der Waals surface area contributed by atoms with Crippen LogP contribution in [0.4, 0.5) is 0 Å². The first kappa shape index (κ1) is 20.5. The van der Waals surface area contributed by atoms with Crippen molar-refractivity contribution in [1.29, 1.82) is 0 Å². The Morgan fingerprint density at radius 3 is 1.79 bits per heavy atom. The van der Waals surface area contributed by atoms with Gasteiger partial charge in [-0.05, 0) is 23.8 Å². The summed E-state index contributed by atoms with van der Waals surface area (Å²) in [6.07, 6.45) is 3.77. The maximum absolute atomic E-state index is 5.98. The summed E-state index contributed by atoms with van der Waals surface area (Å²) in [6, 6.07) is 7.60. The topological polar surface area (TPSA) is 19.0 Å². The Bertz CT molecular complexity index is 547. The molecule has 4 nitrogen and oxygen atoms in total. The monoisotopic (exact) mass is 451 g/mol. The first-order valence-electron chi connectivity index (χ1n) is 6.79. The van der Waals surface area contributed by atoms with Gasteiger partial charge in [-0.15, -0.1) is 0 Å². The third kappa shape index (κ3) is 5.89. The van der Waals surface area contributed by atoms with E-state index in [1.165, 1.54) is 0 Å². The van der Waals surface area contributed by atoms with Gasteiger partial charge in [-0.25, -0.2) is 9.80 Å². The minimum atomic E-state index is -1.61. The zero-order valence-electron chi connectivity index (χ0n) is 12.6. The van der Waals surface area contributed by atoms with Gasteiger partial charge in [0.15, 0.2) is 0 Å². The molecular weight excluding hydrogens is 439 g/mol. The van der Waals surface area contributed by atoms with Crippen molar-refractivity contribution in [2.24, 2.45) is 0 Å². The Labute approximate surface area is 171 Å². The molecule has 1 aromatic carbocycles. The third-order valence-electron chi connectivity index (χ3n) is 3.36. The van der Waals surface area contributed by atoms with Crippen LogP contribution in [0.15, 0.2) is 30.5 Å². The lowest BCUT2D eigenvalue weighted by Gasteiger charge is -2.46. The van der Waals surface area contributed by atoms with E-state index >= 15 is 0 Å². The van der Waals surface area contributed by atoms with Gasteiger partial charge in [-0.3, -0.25) is 0 Å². The summed E-state index contributed by atoms with van der Waals surface area (Å²) in [5.41, 5.74) is 0.988. The minimum absolute atomic E-state index is 0.208.